The fourth-order valence-electron chi connectivity index (χ4n) is 1.74. The van der Waals surface area contributed by atoms with E-state index in [0.29, 0.717) is 18.9 Å². The molecule has 1 N–H and O–H groups in total. The van der Waals surface area contributed by atoms with Gasteiger partial charge in [0.25, 0.3) is 0 Å². The molecule has 1 aromatic rings. The van der Waals surface area contributed by atoms with Crippen LogP contribution in [-0.4, -0.2) is 46.9 Å². The van der Waals surface area contributed by atoms with Gasteiger partial charge in [-0.2, -0.15) is 0 Å². The number of hydrogen-bond donors (Lipinski definition) is 1. The van der Waals surface area contributed by atoms with Gasteiger partial charge in [0.1, 0.15) is 0 Å². The number of aromatic nitrogens is 1. The Bertz CT molecular complexity index is 377. The third-order valence-electron chi connectivity index (χ3n) is 2.48. The Balaban J connectivity index is 1.95. The predicted molar refractivity (Wildman–Crippen MR) is 54.2 cm³/mol. The van der Waals surface area contributed by atoms with Gasteiger partial charge in [-0.3, -0.25) is 4.90 Å². The van der Waals surface area contributed by atoms with E-state index in [4.69, 9.17) is 14.4 Å². The normalized spacial score (nSPS) is 22.2. The molecule has 1 aliphatic rings. The second kappa shape index (κ2) is 4.63. The molecule has 1 aromatic heterocycles. The number of nitrogens with zero attached hydrogens (tertiary/aromatic N) is 2. The first-order valence-electron chi connectivity index (χ1n) is 5.18. The lowest BCUT2D eigenvalue weighted by Gasteiger charge is -2.30. The van der Waals surface area contributed by atoms with Crippen molar-refractivity contribution < 1.29 is 19.2 Å². The Morgan fingerprint density at radius 2 is 2.56 bits per heavy atom. The van der Waals surface area contributed by atoms with E-state index in [0.717, 1.165) is 13.1 Å². The third-order valence-corrected chi connectivity index (χ3v) is 2.48. The summed E-state index contributed by atoms with van der Waals surface area (Å²) in [5.74, 6) is -0.489. The Morgan fingerprint density at radius 1 is 1.75 bits per heavy atom. The van der Waals surface area contributed by atoms with Gasteiger partial charge in [-0.15, -0.1) is 0 Å². The van der Waals surface area contributed by atoms with E-state index in [2.05, 4.69) is 10.1 Å². The summed E-state index contributed by atoms with van der Waals surface area (Å²) in [5, 5.41) is 12.2. The summed E-state index contributed by atoms with van der Waals surface area (Å²) in [7, 11) is 0. The number of ether oxygens (including phenoxy) is 1. The highest BCUT2D eigenvalue weighted by Gasteiger charge is 2.19. The highest BCUT2D eigenvalue weighted by atomic mass is 16.5. The number of carbonyl (C=O) groups is 1. The van der Waals surface area contributed by atoms with Gasteiger partial charge in [-0.1, -0.05) is 5.16 Å². The zero-order chi connectivity index (χ0) is 11.5. The quantitative estimate of drug-likeness (QED) is 0.813. The van der Waals surface area contributed by atoms with E-state index in [1.165, 1.54) is 6.07 Å². The highest BCUT2D eigenvalue weighted by Crippen LogP contribution is 2.11. The number of morpholine rings is 1. The van der Waals surface area contributed by atoms with E-state index < -0.39 is 5.97 Å². The second-order valence-electron chi connectivity index (χ2n) is 3.90. The van der Waals surface area contributed by atoms with Crippen LogP contribution in [0.25, 0.3) is 0 Å². The van der Waals surface area contributed by atoms with Crippen LogP contribution in [0.1, 0.15) is 23.2 Å². The molecule has 6 heteroatoms. The van der Waals surface area contributed by atoms with Crippen molar-refractivity contribution >= 4 is 5.97 Å². The van der Waals surface area contributed by atoms with Gasteiger partial charge >= 0.3 is 5.97 Å². The Morgan fingerprint density at radius 3 is 3.19 bits per heavy atom. The highest BCUT2D eigenvalue weighted by molar-refractivity contribution is 5.85. The second-order valence-corrected chi connectivity index (χ2v) is 3.90. The molecule has 6 nitrogen and oxygen atoms in total. The lowest BCUT2D eigenvalue weighted by molar-refractivity contribution is -0.0235. The molecule has 0 amide bonds. The van der Waals surface area contributed by atoms with Crippen molar-refractivity contribution in [3.63, 3.8) is 0 Å². The lowest BCUT2D eigenvalue weighted by atomic mass is 10.3. The van der Waals surface area contributed by atoms with E-state index in [9.17, 15) is 4.79 Å². The maximum absolute atomic E-state index is 10.6. The van der Waals surface area contributed by atoms with Crippen LogP contribution in [-0.2, 0) is 11.3 Å². The van der Waals surface area contributed by atoms with Crippen molar-refractivity contribution in [2.75, 3.05) is 19.7 Å². The molecule has 0 spiro atoms. The molecule has 88 valence electrons. The molecule has 2 rings (SSSR count). The molecule has 16 heavy (non-hydrogen) atoms. The zero-order valence-electron chi connectivity index (χ0n) is 9.05. The summed E-state index contributed by atoms with van der Waals surface area (Å²) in [6.45, 7) is 4.93. The monoisotopic (exact) mass is 226 g/mol. The average Bonchev–Trinajstić information content (AvgIpc) is 2.66. The molecule has 1 aliphatic heterocycles. The lowest BCUT2D eigenvalue weighted by Crippen LogP contribution is -2.40. The van der Waals surface area contributed by atoms with Crippen molar-refractivity contribution in [3.05, 3.63) is 17.5 Å². The predicted octanol–water partition coefficient (Wildman–Crippen LogP) is 0.594. The largest absolute Gasteiger partial charge is 0.476 e. The summed E-state index contributed by atoms with van der Waals surface area (Å²) in [6.07, 6.45) is 0.204. The van der Waals surface area contributed by atoms with Crippen LogP contribution in [0, 0.1) is 0 Å². The van der Waals surface area contributed by atoms with Gasteiger partial charge in [-0.25, -0.2) is 4.79 Å². The van der Waals surface area contributed by atoms with Crippen molar-refractivity contribution in [2.24, 2.45) is 0 Å². The van der Waals surface area contributed by atoms with Crippen LogP contribution >= 0.6 is 0 Å². The number of aromatic carboxylic acids is 1. The molecule has 1 saturated heterocycles. The fourth-order valence-corrected chi connectivity index (χ4v) is 1.74. The number of carboxylic acid groups (broad SMARTS) is 1. The van der Waals surface area contributed by atoms with Crippen LogP contribution in [0.5, 0.6) is 0 Å². The van der Waals surface area contributed by atoms with Crippen molar-refractivity contribution in [3.8, 4) is 0 Å². The summed E-state index contributed by atoms with van der Waals surface area (Å²) >= 11 is 0. The molecule has 0 aliphatic carbocycles. The molecular formula is C10H14N2O4. The Labute approximate surface area is 92.8 Å². The van der Waals surface area contributed by atoms with Crippen molar-refractivity contribution in [1.82, 2.24) is 10.1 Å². The molecule has 1 fully saturated rings. The molecule has 0 saturated carbocycles. The van der Waals surface area contributed by atoms with Crippen LogP contribution in [0.2, 0.25) is 0 Å². The minimum atomic E-state index is -1.06. The molecule has 1 unspecified atom stereocenters. The zero-order valence-corrected chi connectivity index (χ0v) is 9.05. The molecule has 2 heterocycles. The Kier molecular flexibility index (Phi) is 3.21. The smallest absolute Gasteiger partial charge is 0.358 e. The molecular weight excluding hydrogens is 212 g/mol. The van der Waals surface area contributed by atoms with Crippen LogP contribution < -0.4 is 0 Å². The summed E-state index contributed by atoms with van der Waals surface area (Å²) in [5.41, 5.74) is -0.0451. The van der Waals surface area contributed by atoms with Gasteiger partial charge in [0.05, 0.1) is 19.3 Å². The van der Waals surface area contributed by atoms with E-state index >= 15 is 0 Å². The molecule has 0 radical (unpaired) electrons. The van der Waals surface area contributed by atoms with Crippen molar-refractivity contribution in [1.29, 1.82) is 0 Å². The number of hydrogen-bond acceptors (Lipinski definition) is 5. The average molecular weight is 226 g/mol. The van der Waals surface area contributed by atoms with E-state index in [1.807, 2.05) is 6.92 Å². The summed E-state index contributed by atoms with van der Waals surface area (Å²) in [6, 6.07) is 1.46. The first-order valence-corrected chi connectivity index (χ1v) is 5.18. The van der Waals surface area contributed by atoms with E-state index in [1.54, 1.807) is 0 Å². The first-order chi connectivity index (χ1) is 7.65. The van der Waals surface area contributed by atoms with Gasteiger partial charge in [0, 0.05) is 19.2 Å². The van der Waals surface area contributed by atoms with Crippen LogP contribution in [0.4, 0.5) is 0 Å². The van der Waals surface area contributed by atoms with Crippen LogP contribution in [0.15, 0.2) is 10.6 Å². The van der Waals surface area contributed by atoms with Gasteiger partial charge in [-0.05, 0) is 6.92 Å². The minimum Gasteiger partial charge on any atom is -0.476 e. The van der Waals surface area contributed by atoms with Gasteiger partial charge < -0.3 is 14.4 Å². The third kappa shape index (κ3) is 2.59. The summed E-state index contributed by atoms with van der Waals surface area (Å²) in [4.78, 5) is 12.8. The van der Waals surface area contributed by atoms with Gasteiger partial charge in [0.15, 0.2) is 11.5 Å². The first kappa shape index (κ1) is 11.1. The van der Waals surface area contributed by atoms with Crippen LogP contribution in [0.3, 0.4) is 0 Å². The van der Waals surface area contributed by atoms with Crippen molar-refractivity contribution in [2.45, 2.75) is 19.6 Å². The standard InChI is InChI=1S/C10H14N2O4/c1-7-5-12(2-3-15-7)6-8-4-9(10(13)14)11-16-8/h4,7H,2-3,5-6H2,1H3,(H,13,14). The SMILES string of the molecule is CC1CN(Cc2cc(C(=O)O)no2)CCO1. The number of rotatable bonds is 3. The fraction of sp³-hybridized carbons (Fsp3) is 0.600. The maximum atomic E-state index is 10.6. The van der Waals surface area contributed by atoms with E-state index in [-0.39, 0.29) is 11.8 Å². The molecule has 1 atom stereocenters. The Hall–Kier alpha value is -1.40. The summed E-state index contributed by atoms with van der Waals surface area (Å²) < 4.78 is 10.4. The maximum Gasteiger partial charge on any atom is 0.358 e. The topological polar surface area (TPSA) is 75.8 Å². The minimum absolute atomic E-state index is 0.0451. The van der Waals surface area contributed by atoms with Gasteiger partial charge in [0.2, 0.25) is 0 Å². The molecule has 0 aromatic carbocycles. The molecule has 0 bridgehead atoms. The number of carboxylic acids is 1.